The summed E-state index contributed by atoms with van der Waals surface area (Å²) in [6.07, 6.45) is 0.653. The number of nitrogens with one attached hydrogen (secondary N) is 2. The van der Waals surface area contributed by atoms with E-state index in [2.05, 4.69) is 10.6 Å². The first-order valence-corrected chi connectivity index (χ1v) is 4.27. The predicted octanol–water partition coefficient (Wildman–Crippen LogP) is 0.657. The van der Waals surface area contributed by atoms with Crippen LogP contribution in [-0.2, 0) is 4.79 Å². The van der Waals surface area contributed by atoms with Gasteiger partial charge < -0.3 is 15.4 Å². The third kappa shape index (κ3) is 2.58. The lowest BCUT2D eigenvalue weighted by molar-refractivity contribution is -0.107. The molecule has 0 fully saturated rings. The van der Waals surface area contributed by atoms with Crippen LogP contribution in [0.25, 0.3) is 0 Å². The lowest BCUT2D eigenvalue weighted by Crippen LogP contribution is -2.24. The maximum absolute atomic E-state index is 11.3. The minimum atomic E-state index is -0.236. The zero-order chi connectivity index (χ0) is 10.4. The smallest absolute Gasteiger partial charge is 0.251 e. The van der Waals surface area contributed by atoms with Crippen LogP contribution in [0.2, 0.25) is 0 Å². The fourth-order valence-electron chi connectivity index (χ4n) is 1.02. The molecule has 74 valence electrons. The number of carbonyl (C=O) groups is 2. The molecule has 0 radical (unpaired) electrons. The first kappa shape index (κ1) is 10.2. The molecule has 1 rings (SSSR count). The van der Waals surface area contributed by atoms with E-state index >= 15 is 0 Å². The molecule has 4 nitrogen and oxygen atoms in total. The number of aldehydes is 1. The standard InChI is InChI=1S/C10H12N2O2/c1-11-9-4-2-8(3-5-9)10(14)12-6-7-13/h2-5,7,11H,6H2,1H3,(H,12,14). The van der Waals surface area contributed by atoms with Gasteiger partial charge in [-0.05, 0) is 24.3 Å². The SMILES string of the molecule is CNc1ccc(C(=O)NCC=O)cc1. The Kier molecular flexibility index (Phi) is 3.67. The Bertz CT molecular complexity index is 319. The zero-order valence-electron chi connectivity index (χ0n) is 7.91. The van der Waals surface area contributed by atoms with E-state index in [1.54, 1.807) is 24.3 Å². The Hall–Kier alpha value is -1.84. The molecule has 4 heteroatoms. The normalized spacial score (nSPS) is 9.21. The Morgan fingerprint density at radius 3 is 2.50 bits per heavy atom. The van der Waals surface area contributed by atoms with Gasteiger partial charge in [-0.25, -0.2) is 0 Å². The van der Waals surface area contributed by atoms with Gasteiger partial charge in [0.2, 0.25) is 0 Å². The molecule has 2 N–H and O–H groups in total. The molecule has 1 amide bonds. The van der Waals surface area contributed by atoms with Crippen molar-refractivity contribution in [3.8, 4) is 0 Å². The Balaban J connectivity index is 2.66. The number of benzene rings is 1. The molecule has 1 aromatic carbocycles. The fraction of sp³-hybridized carbons (Fsp3) is 0.200. The highest BCUT2D eigenvalue weighted by Gasteiger charge is 2.02. The third-order valence-electron chi connectivity index (χ3n) is 1.78. The largest absolute Gasteiger partial charge is 0.388 e. The van der Waals surface area contributed by atoms with E-state index in [-0.39, 0.29) is 12.5 Å². The zero-order valence-corrected chi connectivity index (χ0v) is 7.91. The lowest BCUT2D eigenvalue weighted by Gasteiger charge is -2.03. The van der Waals surface area contributed by atoms with Crippen LogP contribution >= 0.6 is 0 Å². The summed E-state index contributed by atoms with van der Waals surface area (Å²) in [6, 6.07) is 7.00. The molecule has 0 atom stereocenters. The van der Waals surface area contributed by atoms with Gasteiger partial charge in [-0.15, -0.1) is 0 Å². The molecular formula is C10H12N2O2. The summed E-state index contributed by atoms with van der Waals surface area (Å²) in [5.74, 6) is -0.236. The van der Waals surface area contributed by atoms with E-state index in [1.165, 1.54) is 0 Å². The molecule has 0 spiro atoms. The summed E-state index contributed by atoms with van der Waals surface area (Å²) in [7, 11) is 1.81. The van der Waals surface area contributed by atoms with E-state index in [1.807, 2.05) is 7.05 Å². The molecule has 0 aliphatic rings. The van der Waals surface area contributed by atoms with E-state index in [0.29, 0.717) is 11.8 Å². The number of hydrogen-bond acceptors (Lipinski definition) is 3. The first-order chi connectivity index (χ1) is 6.77. The van der Waals surface area contributed by atoms with Crippen LogP contribution in [0.3, 0.4) is 0 Å². The minimum Gasteiger partial charge on any atom is -0.388 e. The summed E-state index contributed by atoms with van der Waals surface area (Å²) in [4.78, 5) is 21.3. The average molecular weight is 192 g/mol. The molecule has 0 aliphatic carbocycles. The Labute approximate surface area is 82.3 Å². The topological polar surface area (TPSA) is 58.2 Å². The first-order valence-electron chi connectivity index (χ1n) is 4.27. The second kappa shape index (κ2) is 5.01. The molecule has 0 saturated heterocycles. The van der Waals surface area contributed by atoms with Crippen LogP contribution in [0.15, 0.2) is 24.3 Å². The summed E-state index contributed by atoms with van der Waals surface area (Å²) in [5.41, 5.74) is 1.49. The van der Waals surface area contributed by atoms with Crippen LogP contribution in [-0.4, -0.2) is 25.8 Å². The minimum absolute atomic E-state index is 0.0482. The van der Waals surface area contributed by atoms with E-state index < -0.39 is 0 Å². The van der Waals surface area contributed by atoms with E-state index in [0.717, 1.165) is 5.69 Å². The van der Waals surface area contributed by atoms with Crippen molar-refractivity contribution in [2.24, 2.45) is 0 Å². The van der Waals surface area contributed by atoms with E-state index in [4.69, 9.17) is 0 Å². The van der Waals surface area contributed by atoms with Crippen LogP contribution in [0.4, 0.5) is 5.69 Å². The predicted molar refractivity (Wildman–Crippen MR) is 54.4 cm³/mol. The molecule has 0 heterocycles. The monoisotopic (exact) mass is 192 g/mol. The van der Waals surface area contributed by atoms with E-state index in [9.17, 15) is 9.59 Å². The summed E-state index contributed by atoms with van der Waals surface area (Å²) in [6.45, 7) is 0.0482. The summed E-state index contributed by atoms with van der Waals surface area (Å²) in [5, 5.41) is 5.41. The molecule has 0 bridgehead atoms. The Morgan fingerprint density at radius 1 is 1.36 bits per heavy atom. The van der Waals surface area contributed by atoms with Gasteiger partial charge in [-0.2, -0.15) is 0 Å². The fourth-order valence-corrected chi connectivity index (χ4v) is 1.02. The lowest BCUT2D eigenvalue weighted by atomic mass is 10.2. The second-order valence-electron chi connectivity index (χ2n) is 2.70. The number of carbonyl (C=O) groups excluding carboxylic acids is 2. The molecule has 0 aliphatic heterocycles. The summed E-state index contributed by atoms with van der Waals surface area (Å²) >= 11 is 0. The average Bonchev–Trinajstić information content (AvgIpc) is 2.26. The maximum atomic E-state index is 11.3. The number of anilines is 1. The quantitative estimate of drug-likeness (QED) is 0.689. The van der Waals surface area contributed by atoms with Crippen molar-refractivity contribution in [3.05, 3.63) is 29.8 Å². The van der Waals surface area contributed by atoms with Gasteiger partial charge in [0.1, 0.15) is 6.29 Å². The molecule has 0 saturated carbocycles. The maximum Gasteiger partial charge on any atom is 0.251 e. The number of hydrogen-bond donors (Lipinski definition) is 2. The molecule has 0 unspecified atom stereocenters. The van der Waals surface area contributed by atoms with Gasteiger partial charge in [-0.1, -0.05) is 0 Å². The highest BCUT2D eigenvalue weighted by atomic mass is 16.2. The van der Waals surface area contributed by atoms with Crippen LogP contribution in [0.5, 0.6) is 0 Å². The third-order valence-corrected chi connectivity index (χ3v) is 1.78. The van der Waals surface area contributed by atoms with Gasteiger partial charge in [-0.3, -0.25) is 4.79 Å². The molecular weight excluding hydrogens is 180 g/mol. The number of amides is 1. The van der Waals surface area contributed by atoms with Gasteiger partial charge in [0.05, 0.1) is 6.54 Å². The van der Waals surface area contributed by atoms with Crippen molar-refractivity contribution >= 4 is 17.9 Å². The van der Waals surface area contributed by atoms with Crippen LogP contribution < -0.4 is 10.6 Å². The van der Waals surface area contributed by atoms with Gasteiger partial charge in [0.15, 0.2) is 0 Å². The van der Waals surface area contributed by atoms with Crippen molar-refractivity contribution < 1.29 is 9.59 Å². The van der Waals surface area contributed by atoms with Crippen LogP contribution in [0.1, 0.15) is 10.4 Å². The van der Waals surface area contributed by atoms with Gasteiger partial charge in [0, 0.05) is 18.3 Å². The second-order valence-corrected chi connectivity index (χ2v) is 2.70. The highest BCUT2D eigenvalue weighted by molar-refractivity contribution is 5.95. The van der Waals surface area contributed by atoms with Gasteiger partial charge in [0.25, 0.3) is 5.91 Å². The summed E-state index contributed by atoms with van der Waals surface area (Å²) < 4.78 is 0. The van der Waals surface area contributed by atoms with Crippen molar-refractivity contribution in [2.75, 3.05) is 18.9 Å². The van der Waals surface area contributed by atoms with Crippen molar-refractivity contribution in [1.29, 1.82) is 0 Å². The highest BCUT2D eigenvalue weighted by Crippen LogP contribution is 2.07. The Morgan fingerprint density at radius 2 is 2.00 bits per heavy atom. The molecule has 0 aromatic heterocycles. The van der Waals surface area contributed by atoms with Crippen molar-refractivity contribution in [2.45, 2.75) is 0 Å². The van der Waals surface area contributed by atoms with Crippen molar-refractivity contribution in [1.82, 2.24) is 5.32 Å². The molecule has 1 aromatic rings. The van der Waals surface area contributed by atoms with Crippen LogP contribution in [0, 0.1) is 0 Å². The molecule has 14 heavy (non-hydrogen) atoms. The van der Waals surface area contributed by atoms with Crippen molar-refractivity contribution in [3.63, 3.8) is 0 Å². The number of rotatable bonds is 4. The van der Waals surface area contributed by atoms with Gasteiger partial charge >= 0.3 is 0 Å².